The maximum absolute atomic E-state index is 13.9. The Morgan fingerprint density at radius 1 is 1.24 bits per heavy atom. The van der Waals surface area contributed by atoms with E-state index in [-0.39, 0.29) is 31.1 Å². The van der Waals surface area contributed by atoms with Crippen LogP contribution in [0.3, 0.4) is 0 Å². The first-order valence-electron chi connectivity index (χ1n) is 9.52. The van der Waals surface area contributed by atoms with Gasteiger partial charge in [0.05, 0.1) is 12.8 Å². The molecule has 2 aromatic rings. The van der Waals surface area contributed by atoms with Gasteiger partial charge in [-0.25, -0.2) is 9.18 Å². The molecule has 1 N–H and O–H groups in total. The Kier molecular flexibility index (Phi) is 6.56. The van der Waals surface area contributed by atoms with Crippen LogP contribution in [0.1, 0.15) is 24.5 Å². The molecule has 1 aliphatic carbocycles. The molecule has 0 aromatic heterocycles. The van der Waals surface area contributed by atoms with E-state index in [1.165, 1.54) is 12.1 Å². The molecule has 0 heterocycles. The van der Waals surface area contributed by atoms with Crippen molar-refractivity contribution in [3.8, 4) is 0 Å². The molecule has 0 saturated heterocycles. The molecule has 3 atom stereocenters. The SMILES string of the molecule is C=CC1CC1(NC(=O)OCc1ccccc1)P(=O)(Cc1ccc(F)cc1)OCC. The smallest absolute Gasteiger partial charge is 0.408 e. The van der Waals surface area contributed by atoms with Crippen LogP contribution in [0, 0.1) is 11.7 Å². The third-order valence-electron chi connectivity index (χ3n) is 5.05. The van der Waals surface area contributed by atoms with Crippen LogP contribution in [-0.4, -0.2) is 18.0 Å². The molecule has 7 heteroatoms. The normalized spacial score (nSPS) is 22.3. The highest BCUT2D eigenvalue weighted by molar-refractivity contribution is 7.60. The van der Waals surface area contributed by atoms with Crippen molar-refractivity contribution in [2.45, 2.75) is 31.4 Å². The molecule has 2 aromatic carbocycles. The van der Waals surface area contributed by atoms with E-state index in [9.17, 15) is 13.8 Å². The Labute approximate surface area is 170 Å². The van der Waals surface area contributed by atoms with E-state index in [4.69, 9.17) is 9.26 Å². The standard InChI is InChI=1S/C22H25FNO4P/c1-3-19-14-22(19,24-21(25)27-15-17-8-6-5-7-9-17)29(26,28-4-2)16-18-10-12-20(23)13-11-18/h3,5-13,19H,1,4,14-16H2,2H3,(H,24,25). The molecule has 29 heavy (non-hydrogen) atoms. The summed E-state index contributed by atoms with van der Waals surface area (Å²) in [6.45, 7) is 5.88. The number of rotatable bonds is 9. The van der Waals surface area contributed by atoms with Gasteiger partial charge in [0.15, 0.2) is 0 Å². The van der Waals surface area contributed by atoms with Crippen LogP contribution < -0.4 is 5.32 Å². The van der Waals surface area contributed by atoms with Crippen LogP contribution in [0.2, 0.25) is 0 Å². The monoisotopic (exact) mass is 417 g/mol. The first kappa shape index (κ1) is 21.3. The summed E-state index contributed by atoms with van der Waals surface area (Å²) in [7, 11) is -3.38. The molecule has 154 valence electrons. The van der Waals surface area contributed by atoms with E-state index in [1.54, 1.807) is 25.1 Å². The van der Waals surface area contributed by atoms with Gasteiger partial charge in [-0.1, -0.05) is 48.5 Å². The van der Waals surface area contributed by atoms with Gasteiger partial charge >= 0.3 is 6.09 Å². The van der Waals surface area contributed by atoms with Gasteiger partial charge in [0, 0.05) is 5.92 Å². The van der Waals surface area contributed by atoms with Crippen molar-refractivity contribution in [1.29, 1.82) is 0 Å². The summed E-state index contributed by atoms with van der Waals surface area (Å²) in [6.07, 6.45) is 1.56. The quantitative estimate of drug-likeness (QED) is 0.434. The third kappa shape index (κ3) is 4.77. The average molecular weight is 417 g/mol. The Balaban J connectivity index is 1.77. The molecule has 1 fully saturated rings. The number of hydrogen-bond acceptors (Lipinski definition) is 4. The van der Waals surface area contributed by atoms with E-state index < -0.39 is 18.7 Å². The lowest BCUT2D eigenvalue weighted by atomic mass is 10.2. The summed E-state index contributed by atoms with van der Waals surface area (Å²) in [5.74, 6) is -0.558. The van der Waals surface area contributed by atoms with Crippen LogP contribution in [0.5, 0.6) is 0 Å². The first-order chi connectivity index (χ1) is 13.9. The van der Waals surface area contributed by atoms with Gasteiger partial charge in [-0.3, -0.25) is 4.57 Å². The molecule has 1 amide bonds. The highest BCUT2D eigenvalue weighted by Gasteiger charge is 2.66. The number of carbonyl (C=O) groups is 1. The predicted octanol–water partition coefficient (Wildman–Crippen LogP) is 5.47. The molecule has 1 aliphatic rings. The number of amides is 1. The van der Waals surface area contributed by atoms with Gasteiger partial charge in [0.2, 0.25) is 7.37 Å². The number of benzene rings is 2. The number of nitrogens with one attached hydrogen (secondary N) is 1. The van der Waals surface area contributed by atoms with Crippen molar-refractivity contribution < 1.29 is 23.0 Å². The molecular weight excluding hydrogens is 392 g/mol. The number of alkyl carbamates (subject to hydrolysis) is 1. The molecule has 0 spiro atoms. The van der Waals surface area contributed by atoms with Gasteiger partial charge in [-0.15, -0.1) is 6.58 Å². The van der Waals surface area contributed by atoms with Gasteiger partial charge in [-0.2, -0.15) is 0 Å². The fourth-order valence-electron chi connectivity index (χ4n) is 3.45. The van der Waals surface area contributed by atoms with Crippen LogP contribution in [0.4, 0.5) is 9.18 Å². The highest BCUT2D eigenvalue weighted by Crippen LogP contribution is 2.73. The highest BCUT2D eigenvalue weighted by atomic mass is 31.2. The van der Waals surface area contributed by atoms with E-state index in [2.05, 4.69) is 11.9 Å². The third-order valence-corrected chi connectivity index (χ3v) is 8.35. The average Bonchev–Trinajstić information content (AvgIpc) is 3.44. The summed E-state index contributed by atoms with van der Waals surface area (Å²) in [6, 6.07) is 15.1. The Morgan fingerprint density at radius 2 is 1.93 bits per heavy atom. The number of ether oxygens (including phenoxy) is 1. The van der Waals surface area contributed by atoms with E-state index in [0.29, 0.717) is 12.0 Å². The van der Waals surface area contributed by atoms with Gasteiger partial charge < -0.3 is 14.6 Å². The second kappa shape index (κ2) is 8.93. The second-order valence-electron chi connectivity index (χ2n) is 7.03. The summed E-state index contributed by atoms with van der Waals surface area (Å²) in [5, 5.41) is 1.74. The van der Waals surface area contributed by atoms with E-state index in [0.717, 1.165) is 5.56 Å². The first-order valence-corrected chi connectivity index (χ1v) is 11.3. The molecule has 1 saturated carbocycles. The van der Waals surface area contributed by atoms with Crippen molar-refractivity contribution in [2.24, 2.45) is 5.92 Å². The van der Waals surface area contributed by atoms with Crippen LogP contribution in [0.15, 0.2) is 67.3 Å². The minimum atomic E-state index is -3.38. The van der Waals surface area contributed by atoms with Gasteiger partial charge in [-0.05, 0) is 36.6 Å². The topological polar surface area (TPSA) is 64.6 Å². The van der Waals surface area contributed by atoms with E-state index >= 15 is 0 Å². The molecule has 0 bridgehead atoms. The zero-order valence-corrected chi connectivity index (χ0v) is 17.2. The number of halogens is 1. The predicted molar refractivity (Wildman–Crippen MR) is 110 cm³/mol. The minimum absolute atomic E-state index is 0.0877. The van der Waals surface area contributed by atoms with Crippen molar-refractivity contribution in [1.82, 2.24) is 5.32 Å². The number of carbonyl (C=O) groups excluding carboxylic acids is 1. The lowest BCUT2D eigenvalue weighted by Crippen LogP contribution is -2.39. The second-order valence-corrected chi connectivity index (χ2v) is 9.75. The summed E-state index contributed by atoms with van der Waals surface area (Å²) < 4.78 is 38.2. The molecule has 3 unspecified atom stereocenters. The van der Waals surface area contributed by atoms with Crippen molar-refractivity contribution in [3.63, 3.8) is 0 Å². The van der Waals surface area contributed by atoms with E-state index in [1.807, 2.05) is 30.3 Å². The van der Waals surface area contributed by atoms with Crippen LogP contribution in [-0.2, 0) is 26.6 Å². The summed E-state index contributed by atoms with van der Waals surface area (Å²) >= 11 is 0. The van der Waals surface area contributed by atoms with Crippen LogP contribution in [0.25, 0.3) is 0 Å². The Morgan fingerprint density at radius 3 is 2.52 bits per heavy atom. The lowest BCUT2D eigenvalue weighted by molar-refractivity contribution is 0.136. The largest absolute Gasteiger partial charge is 0.445 e. The molecule has 0 aliphatic heterocycles. The molecule has 0 radical (unpaired) electrons. The fraction of sp³-hybridized carbons (Fsp3) is 0.318. The molecular formula is C22H25FNO4P. The Hall–Kier alpha value is -2.43. The van der Waals surface area contributed by atoms with Crippen molar-refractivity contribution >= 4 is 13.5 Å². The van der Waals surface area contributed by atoms with Crippen LogP contribution >= 0.6 is 7.37 Å². The maximum Gasteiger partial charge on any atom is 0.408 e. The maximum atomic E-state index is 13.9. The van der Waals surface area contributed by atoms with Crippen molar-refractivity contribution in [3.05, 3.63) is 84.2 Å². The molecule has 5 nitrogen and oxygen atoms in total. The number of hydrogen-bond donors (Lipinski definition) is 1. The van der Waals surface area contributed by atoms with Gasteiger partial charge in [0.25, 0.3) is 0 Å². The van der Waals surface area contributed by atoms with Crippen molar-refractivity contribution in [2.75, 3.05) is 6.61 Å². The summed E-state index contributed by atoms with van der Waals surface area (Å²) in [4.78, 5) is 12.5. The Bertz CT molecular complexity index is 903. The molecule has 3 rings (SSSR count). The zero-order chi connectivity index (χ0) is 20.9. The summed E-state index contributed by atoms with van der Waals surface area (Å²) in [5.41, 5.74) is 1.53. The minimum Gasteiger partial charge on any atom is -0.445 e. The zero-order valence-electron chi connectivity index (χ0n) is 16.3. The van der Waals surface area contributed by atoms with Gasteiger partial charge in [0.1, 0.15) is 17.7 Å². The fourth-order valence-corrected chi connectivity index (χ4v) is 6.51. The lowest BCUT2D eigenvalue weighted by Gasteiger charge is -2.29.